The van der Waals surface area contributed by atoms with Gasteiger partial charge in [0.15, 0.2) is 5.17 Å². The summed E-state index contributed by atoms with van der Waals surface area (Å²) in [5.74, 6) is 0.939. The number of thioether (sulfide) groups is 1. The van der Waals surface area contributed by atoms with E-state index < -0.39 is 0 Å². The van der Waals surface area contributed by atoms with Gasteiger partial charge in [0.1, 0.15) is 0 Å². The minimum Gasteiger partial charge on any atom is -0.303 e. The molecule has 0 saturated carbocycles. The van der Waals surface area contributed by atoms with Gasteiger partial charge in [0, 0.05) is 0 Å². The highest BCUT2D eigenvalue weighted by Gasteiger charge is 2.15. The lowest BCUT2D eigenvalue weighted by atomic mass is 10.0. The Kier molecular flexibility index (Phi) is 4.15. The third kappa shape index (κ3) is 3.43. The molecule has 1 N–H and O–H groups in total. The number of amidine groups is 1. The second kappa shape index (κ2) is 5.82. The molecule has 1 fully saturated rings. The van der Waals surface area contributed by atoms with Gasteiger partial charge in [-0.2, -0.15) is 5.10 Å². The van der Waals surface area contributed by atoms with Crippen molar-refractivity contribution in [3.8, 4) is 0 Å². The Morgan fingerprint density at radius 1 is 1.33 bits per heavy atom. The van der Waals surface area contributed by atoms with Crippen molar-refractivity contribution in [2.45, 2.75) is 19.8 Å². The SMILES string of the molecule is CC(C)c1ccc(/C=N/N=C2\NC(=O)CS2)cc1. The summed E-state index contributed by atoms with van der Waals surface area (Å²) in [6.07, 6.45) is 1.68. The number of carbonyl (C=O) groups is 1. The number of hydrogen-bond donors (Lipinski definition) is 1. The molecular formula is C13H15N3OS. The predicted octanol–water partition coefficient (Wildman–Crippen LogP) is 2.36. The number of hydrogen-bond acceptors (Lipinski definition) is 4. The van der Waals surface area contributed by atoms with Crippen molar-refractivity contribution in [2.75, 3.05) is 5.75 Å². The molecule has 0 spiro atoms. The summed E-state index contributed by atoms with van der Waals surface area (Å²) in [7, 11) is 0. The Hall–Kier alpha value is -1.62. The molecule has 1 aromatic carbocycles. The lowest BCUT2D eigenvalue weighted by Gasteiger charge is -2.03. The van der Waals surface area contributed by atoms with Crippen LogP contribution in [-0.4, -0.2) is 23.0 Å². The summed E-state index contributed by atoms with van der Waals surface area (Å²) < 4.78 is 0. The van der Waals surface area contributed by atoms with E-state index in [4.69, 9.17) is 0 Å². The van der Waals surface area contributed by atoms with Crippen LogP contribution < -0.4 is 5.32 Å². The van der Waals surface area contributed by atoms with Crippen LogP contribution in [0.5, 0.6) is 0 Å². The lowest BCUT2D eigenvalue weighted by molar-refractivity contribution is -0.116. The molecular weight excluding hydrogens is 246 g/mol. The number of rotatable bonds is 3. The molecule has 0 radical (unpaired) electrons. The second-order valence-corrected chi connectivity index (χ2v) is 5.27. The van der Waals surface area contributed by atoms with E-state index >= 15 is 0 Å². The zero-order chi connectivity index (χ0) is 13.0. The summed E-state index contributed by atoms with van der Waals surface area (Å²) in [6, 6.07) is 8.20. The van der Waals surface area contributed by atoms with E-state index in [1.54, 1.807) is 6.21 Å². The third-order valence-electron chi connectivity index (χ3n) is 2.54. The fraction of sp³-hybridized carbons (Fsp3) is 0.308. The number of amides is 1. The Morgan fingerprint density at radius 3 is 2.61 bits per heavy atom. The van der Waals surface area contributed by atoms with Crippen molar-refractivity contribution >= 4 is 29.1 Å². The van der Waals surface area contributed by atoms with Crippen molar-refractivity contribution in [2.24, 2.45) is 10.2 Å². The number of benzene rings is 1. The van der Waals surface area contributed by atoms with E-state index in [1.807, 2.05) is 12.1 Å². The van der Waals surface area contributed by atoms with Crippen LogP contribution in [0.1, 0.15) is 30.9 Å². The molecule has 1 saturated heterocycles. The summed E-state index contributed by atoms with van der Waals surface area (Å²) >= 11 is 1.37. The van der Waals surface area contributed by atoms with Gasteiger partial charge in [0.25, 0.3) is 0 Å². The van der Waals surface area contributed by atoms with E-state index in [-0.39, 0.29) is 5.91 Å². The Bertz CT molecular complexity index is 491. The molecule has 0 aliphatic carbocycles. The summed E-state index contributed by atoms with van der Waals surface area (Å²) in [6.45, 7) is 4.32. The average Bonchev–Trinajstić information content (AvgIpc) is 2.76. The van der Waals surface area contributed by atoms with Crippen LogP contribution in [0.15, 0.2) is 34.5 Å². The van der Waals surface area contributed by atoms with Crippen LogP contribution in [0.25, 0.3) is 0 Å². The highest BCUT2D eigenvalue weighted by atomic mass is 32.2. The summed E-state index contributed by atoms with van der Waals surface area (Å²) in [5.41, 5.74) is 2.30. The highest BCUT2D eigenvalue weighted by Crippen LogP contribution is 2.14. The van der Waals surface area contributed by atoms with Gasteiger partial charge in [-0.3, -0.25) is 4.79 Å². The molecule has 0 atom stereocenters. The molecule has 1 aliphatic heterocycles. The maximum Gasteiger partial charge on any atom is 0.236 e. The lowest BCUT2D eigenvalue weighted by Crippen LogP contribution is -2.19. The molecule has 94 valence electrons. The third-order valence-corrected chi connectivity index (χ3v) is 3.41. The Labute approximate surface area is 111 Å². The molecule has 1 aromatic rings. The van der Waals surface area contributed by atoms with Crippen LogP contribution in [0.3, 0.4) is 0 Å². The molecule has 1 amide bonds. The highest BCUT2D eigenvalue weighted by molar-refractivity contribution is 8.15. The Balaban J connectivity index is 1.99. The fourth-order valence-electron chi connectivity index (χ4n) is 1.49. The van der Waals surface area contributed by atoms with Crippen LogP contribution in [0.2, 0.25) is 0 Å². The van der Waals surface area contributed by atoms with Crippen molar-refractivity contribution in [3.63, 3.8) is 0 Å². The van der Waals surface area contributed by atoms with E-state index in [0.29, 0.717) is 16.8 Å². The topological polar surface area (TPSA) is 53.8 Å². The van der Waals surface area contributed by atoms with Crippen LogP contribution in [0, 0.1) is 0 Å². The zero-order valence-electron chi connectivity index (χ0n) is 10.4. The molecule has 5 heteroatoms. The molecule has 1 heterocycles. The molecule has 0 unspecified atom stereocenters. The van der Waals surface area contributed by atoms with Gasteiger partial charge in [-0.25, -0.2) is 0 Å². The summed E-state index contributed by atoms with van der Waals surface area (Å²) in [5, 5.41) is 11.1. The van der Waals surface area contributed by atoms with Crippen molar-refractivity contribution < 1.29 is 4.79 Å². The first-order chi connectivity index (χ1) is 8.65. The number of nitrogens with one attached hydrogen (secondary N) is 1. The van der Waals surface area contributed by atoms with Crippen LogP contribution in [-0.2, 0) is 4.79 Å². The maximum atomic E-state index is 10.9. The van der Waals surface area contributed by atoms with Crippen LogP contribution >= 0.6 is 11.8 Å². The van der Waals surface area contributed by atoms with Crippen molar-refractivity contribution in [1.29, 1.82) is 0 Å². The predicted molar refractivity (Wildman–Crippen MR) is 76.2 cm³/mol. The standard InChI is InChI=1S/C13H15N3OS/c1-9(2)11-5-3-10(4-6-11)7-14-16-13-15-12(17)8-18-13/h3-7,9H,8H2,1-2H3,(H,15,16,17)/b14-7+. The van der Waals surface area contributed by atoms with E-state index in [0.717, 1.165) is 5.56 Å². The molecule has 4 nitrogen and oxygen atoms in total. The van der Waals surface area contributed by atoms with Crippen molar-refractivity contribution in [3.05, 3.63) is 35.4 Å². The van der Waals surface area contributed by atoms with Gasteiger partial charge in [-0.05, 0) is 17.0 Å². The van der Waals surface area contributed by atoms with Crippen LogP contribution in [0.4, 0.5) is 0 Å². The monoisotopic (exact) mass is 261 g/mol. The maximum absolute atomic E-state index is 10.9. The van der Waals surface area contributed by atoms with Gasteiger partial charge >= 0.3 is 0 Å². The molecule has 1 aliphatic rings. The quantitative estimate of drug-likeness (QED) is 0.671. The molecule has 0 aromatic heterocycles. The minimum absolute atomic E-state index is 0.0183. The first kappa shape index (κ1) is 12.8. The molecule has 18 heavy (non-hydrogen) atoms. The van der Waals surface area contributed by atoms with E-state index in [1.165, 1.54) is 17.3 Å². The van der Waals surface area contributed by atoms with Gasteiger partial charge in [-0.1, -0.05) is 49.9 Å². The first-order valence-electron chi connectivity index (χ1n) is 5.79. The average molecular weight is 261 g/mol. The van der Waals surface area contributed by atoms with Gasteiger partial charge in [-0.15, -0.1) is 5.10 Å². The normalized spacial score (nSPS) is 17.9. The molecule has 2 rings (SSSR count). The smallest absolute Gasteiger partial charge is 0.236 e. The molecule has 0 bridgehead atoms. The van der Waals surface area contributed by atoms with Gasteiger partial charge in [0.05, 0.1) is 12.0 Å². The second-order valence-electron chi connectivity index (χ2n) is 4.31. The summed E-state index contributed by atoms with van der Waals surface area (Å²) in [4.78, 5) is 10.9. The minimum atomic E-state index is -0.0183. The van der Waals surface area contributed by atoms with Gasteiger partial charge < -0.3 is 5.32 Å². The van der Waals surface area contributed by atoms with Gasteiger partial charge in [0.2, 0.25) is 5.91 Å². The number of nitrogens with zero attached hydrogens (tertiary/aromatic N) is 2. The van der Waals surface area contributed by atoms with E-state index in [9.17, 15) is 4.79 Å². The van der Waals surface area contributed by atoms with Crippen molar-refractivity contribution in [1.82, 2.24) is 5.32 Å². The Morgan fingerprint density at radius 2 is 2.06 bits per heavy atom. The largest absolute Gasteiger partial charge is 0.303 e. The zero-order valence-corrected chi connectivity index (χ0v) is 11.2. The van der Waals surface area contributed by atoms with E-state index in [2.05, 4.69) is 41.5 Å². The first-order valence-corrected chi connectivity index (χ1v) is 6.77. The fourth-order valence-corrected chi connectivity index (χ4v) is 2.13. The number of carbonyl (C=O) groups excluding carboxylic acids is 1.